The Hall–Kier alpha value is -6.91. The summed E-state index contributed by atoms with van der Waals surface area (Å²) in [4.78, 5) is 15.4. The molecule has 0 N–H and O–H groups in total. The van der Waals surface area contributed by atoms with E-state index in [1.165, 1.54) is 32.7 Å². The van der Waals surface area contributed by atoms with E-state index in [1.807, 2.05) is 54.6 Å². The molecule has 8 aromatic carbocycles. The van der Waals surface area contributed by atoms with Gasteiger partial charge in [-0.2, -0.15) is 0 Å². The normalized spacial score (nSPS) is 11.5. The maximum Gasteiger partial charge on any atom is 0.164 e. The molecule has 0 bridgehead atoms. The van der Waals surface area contributed by atoms with Crippen molar-refractivity contribution in [3.05, 3.63) is 176 Å². The van der Waals surface area contributed by atoms with Crippen LogP contribution in [0.25, 0.3) is 99.9 Å². The largest absolute Gasteiger partial charge is 0.456 e. The van der Waals surface area contributed by atoms with Crippen molar-refractivity contribution in [1.82, 2.24) is 15.0 Å². The first-order valence-corrected chi connectivity index (χ1v) is 17.1. The Bertz CT molecular complexity index is 2900. The van der Waals surface area contributed by atoms with Crippen LogP contribution in [0, 0.1) is 0 Å². The summed E-state index contributed by atoms with van der Waals surface area (Å²) in [5.41, 5.74) is 8.94. The second-order valence-electron chi connectivity index (χ2n) is 12.8. The van der Waals surface area contributed by atoms with Crippen molar-refractivity contribution in [3.8, 4) is 56.4 Å². The van der Waals surface area contributed by atoms with E-state index >= 15 is 0 Å². The van der Waals surface area contributed by atoms with E-state index in [1.54, 1.807) is 0 Å². The quantitative estimate of drug-likeness (QED) is 0.174. The highest BCUT2D eigenvalue weighted by molar-refractivity contribution is 6.17. The summed E-state index contributed by atoms with van der Waals surface area (Å²) in [7, 11) is 0. The van der Waals surface area contributed by atoms with Crippen molar-refractivity contribution in [3.63, 3.8) is 0 Å². The molecule has 10 aromatic rings. The van der Waals surface area contributed by atoms with Gasteiger partial charge in [-0.3, -0.25) is 0 Å². The monoisotopic (exact) mass is 651 g/mol. The molecular formula is C47H29N3O. The average molecular weight is 652 g/mol. The summed E-state index contributed by atoms with van der Waals surface area (Å²) in [6, 6.07) is 61.0. The van der Waals surface area contributed by atoms with Gasteiger partial charge in [-0.15, -0.1) is 0 Å². The molecule has 0 saturated heterocycles. The summed E-state index contributed by atoms with van der Waals surface area (Å²) < 4.78 is 6.52. The molecule has 0 spiro atoms. The summed E-state index contributed by atoms with van der Waals surface area (Å²) in [6.45, 7) is 0. The van der Waals surface area contributed by atoms with Gasteiger partial charge in [-0.25, -0.2) is 15.0 Å². The summed E-state index contributed by atoms with van der Waals surface area (Å²) in [5, 5.41) is 6.77. The molecule has 0 aliphatic carbocycles. The number of fused-ring (bicyclic) bond motifs is 6. The van der Waals surface area contributed by atoms with Gasteiger partial charge < -0.3 is 4.42 Å². The molecule has 4 nitrogen and oxygen atoms in total. The van der Waals surface area contributed by atoms with Crippen LogP contribution in [0.2, 0.25) is 0 Å². The minimum atomic E-state index is 0.597. The second kappa shape index (κ2) is 11.9. The van der Waals surface area contributed by atoms with Gasteiger partial charge in [-0.1, -0.05) is 158 Å². The van der Waals surface area contributed by atoms with Gasteiger partial charge in [0.2, 0.25) is 0 Å². The number of rotatable bonds is 5. The molecule has 0 aliphatic rings. The maximum absolute atomic E-state index is 6.52. The Labute approximate surface area is 294 Å². The van der Waals surface area contributed by atoms with Crippen LogP contribution < -0.4 is 0 Å². The molecule has 4 heteroatoms. The number of hydrogen-bond acceptors (Lipinski definition) is 4. The third-order valence-corrected chi connectivity index (χ3v) is 9.74. The maximum atomic E-state index is 6.52. The van der Waals surface area contributed by atoms with Gasteiger partial charge in [0, 0.05) is 27.5 Å². The molecule has 2 aromatic heterocycles. The van der Waals surface area contributed by atoms with Crippen LogP contribution in [0.15, 0.2) is 180 Å². The van der Waals surface area contributed by atoms with Crippen LogP contribution >= 0.6 is 0 Å². The molecule has 0 saturated carbocycles. The minimum Gasteiger partial charge on any atom is -0.456 e. The predicted octanol–water partition coefficient (Wildman–Crippen LogP) is 12.4. The van der Waals surface area contributed by atoms with Crippen molar-refractivity contribution < 1.29 is 4.42 Å². The Morgan fingerprint density at radius 3 is 1.57 bits per heavy atom. The molecule has 10 rings (SSSR count). The Kier molecular flexibility index (Phi) is 6.78. The highest BCUT2D eigenvalue weighted by Crippen LogP contribution is 2.42. The number of benzene rings is 8. The van der Waals surface area contributed by atoms with Crippen LogP contribution in [0.4, 0.5) is 0 Å². The number of nitrogens with zero attached hydrogens (tertiary/aromatic N) is 3. The zero-order valence-electron chi connectivity index (χ0n) is 27.5. The first kappa shape index (κ1) is 29.0. The fourth-order valence-corrected chi connectivity index (χ4v) is 7.25. The average Bonchev–Trinajstić information content (AvgIpc) is 3.60. The zero-order valence-corrected chi connectivity index (χ0v) is 27.5. The zero-order chi connectivity index (χ0) is 33.7. The van der Waals surface area contributed by atoms with Crippen LogP contribution in [0.1, 0.15) is 0 Å². The van der Waals surface area contributed by atoms with Crippen molar-refractivity contribution in [2.24, 2.45) is 0 Å². The topological polar surface area (TPSA) is 51.8 Å². The van der Waals surface area contributed by atoms with Crippen molar-refractivity contribution in [1.29, 1.82) is 0 Å². The third kappa shape index (κ3) is 5.04. The van der Waals surface area contributed by atoms with Gasteiger partial charge in [0.05, 0.1) is 0 Å². The lowest BCUT2D eigenvalue weighted by Crippen LogP contribution is -2.00. The van der Waals surface area contributed by atoms with E-state index in [2.05, 4.69) is 121 Å². The van der Waals surface area contributed by atoms with E-state index in [-0.39, 0.29) is 0 Å². The van der Waals surface area contributed by atoms with Crippen LogP contribution in [-0.2, 0) is 0 Å². The van der Waals surface area contributed by atoms with Crippen molar-refractivity contribution >= 4 is 43.5 Å². The summed E-state index contributed by atoms with van der Waals surface area (Å²) in [6.07, 6.45) is 0. The minimum absolute atomic E-state index is 0.597. The molecule has 0 aliphatic heterocycles. The van der Waals surface area contributed by atoms with Gasteiger partial charge >= 0.3 is 0 Å². The number of hydrogen-bond donors (Lipinski definition) is 0. The molecule has 0 radical (unpaired) electrons. The smallest absolute Gasteiger partial charge is 0.164 e. The molecule has 51 heavy (non-hydrogen) atoms. The van der Waals surface area contributed by atoms with E-state index in [9.17, 15) is 0 Å². The Morgan fingerprint density at radius 1 is 0.314 bits per heavy atom. The van der Waals surface area contributed by atoms with E-state index in [0.717, 1.165) is 49.8 Å². The molecule has 0 atom stereocenters. The van der Waals surface area contributed by atoms with Gasteiger partial charge in [-0.05, 0) is 62.0 Å². The Balaban J connectivity index is 1.19. The third-order valence-electron chi connectivity index (χ3n) is 9.74. The molecule has 0 fully saturated rings. The lowest BCUT2D eigenvalue weighted by molar-refractivity contribution is 0.669. The first-order chi connectivity index (χ1) is 25.3. The van der Waals surface area contributed by atoms with Crippen LogP contribution in [0.3, 0.4) is 0 Å². The SMILES string of the molecule is c1ccc(-c2ccc(-c3cccc4oc5cccc(-c6nc(-c7ccccc7)nc(-c7ccc8ccc9ccccc9c8c7)n6)c5c34)cc2)cc1. The van der Waals surface area contributed by atoms with Crippen LogP contribution in [0.5, 0.6) is 0 Å². The lowest BCUT2D eigenvalue weighted by Gasteiger charge is -2.11. The van der Waals surface area contributed by atoms with Crippen molar-refractivity contribution in [2.75, 3.05) is 0 Å². The van der Waals surface area contributed by atoms with Gasteiger partial charge in [0.25, 0.3) is 0 Å². The lowest BCUT2D eigenvalue weighted by atomic mass is 9.95. The van der Waals surface area contributed by atoms with Crippen molar-refractivity contribution in [2.45, 2.75) is 0 Å². The predicted molar refractivity (Wildman–Crippen MR) is 209 cm³/mol. The molecular weight excluding hydrogens is 623 g/mol. The molecule has 2 heterocycles. The van der Waals surface area contributed by atoms with E-state index in [4.69, 9.17) is 19.4 Å². The second-order valence-corrected chi connectivity index (χ2v) is 12.8. The van der Waals surface area contributed by atoms with E-state index in [0.29, 0.717) is 17.5 Å². The number of furan rings is 1. The highest BCUT2D eigenvalue weighted by atomic mass is 16.3. The fourth-order valence-electron chi connectivity index (χ4n) is 7.25. The van der Waals surface area contributed by atoms with Gasteiger partial charge in [0.15, 0.2) is 17.5 Å². The fraction of sp³-hybridized carbons (Fsp3) is 0. The van der Waals surface area contributed by atoms with Crippen LogP contribution in [-0.4, -0.2) is 15.0 Å². The highest BCUT2D eigenvalue weighted by Gasteiger charge is 2.20. The van der Waals surface area contributed by atoms with E-state index < -0.39 is 0 Å². The molecule has 0 amide bonds. The molecule has 0 unspecified atom stereocenters. The summed E-state index contributed by atoms with van der Waals surface area (Å²) in [5.74, 6) is 1.84. The number of aromatic nitrogens is 3. The van der Waals surface area contributed by atoms with Gasteiger partial charge in [0.1, 0.15) is 11.2 Å². The first-order valence-electron chi connectivity index (χ1n) is 17.1. The Morgan fingerprint density at radius 2 is 0.824 bits per heavy atom. The standard InChI is InChI=1S/C47H29N3O/c1-3-11-30(12-4-1)31-21-23-33(24-22-31)38-17-9-19-41-43(38)44-39(18-10-20-42(44)51-41)47-49-45(35-14-5-2-6-15-35)48-46(50-47)36-28-27-34-26-25-32-13-7-8-16-37(32)40(34)29-36/h1-29H. The molecule has 238 valence electrons. The summed E-state index contributed by atoms with van der Waals surface area (Å²) >= 11 is 0.